The van der Waals surface area contributed by atoms with E-state index in [-0.39, 0.29) is 5.39 Å². The van der Waals surface area contributed by atoms with Crippen LogP contribution in [0.2, 0.25) is 0 Å². The number of hydrogen-bond donors (Lipinski definition) is 2. The minimum absolute atomic E-state index is 0.0526. The number of nitrogens with zero attached hydrogens (tertiary/aromatic N) is 6. The summed E-state index contributed by atoms with van der Waals surface area (Å²) in [6.07, 6.45) is 8.45. The van der Waals surface area contributed by atoms with Gasteiger partial charge in [-0.1, -0.05) is 44.2 Å². The summed E-state index contributed by atoms with van der Waals surface area (Å²) in [7, 11) is 0. The number of aryl methyl sites for hydroxylation is 2. The lowest BCUT2D eigenvalue weighted by atomic mass is 9.87. The first-order chi connectivity index (χ1) is 22.7. The standard InChI is InChI=1S/C36H41F3N8/c1-4-5-16-45-18-12-26(13-19-45)25-8-10-27(11-9-25)28-20-30(36(37,38)39)29-21-47(44-32(29)23(28)2)34(24(3)43-35-40-14-15-41-35)33-31-7-6-17-46(31)22-42-33/h8-11,14-15,20-22,26,34H,3-7,12-13,16-19H2,1-2H3,(H2,40,41,43). The van der Waals surface area contributed by atoms with Crippen LogP contribution in [0.15, 0.2) is 67.5 Å². The summed E-state index contributed by atoms with van der Waals surface area (Å²) in [5.41, 5.74) is 5.09. The van der Waals surface area contributed by atoms with Crippen LogP contribution in [0.4, 0.5) is 19.1 Å². The summed E-state index contributed by atoms with van der Waals surface area (Å²) in [5, 5.41) is 8.10. The topological polar surface area (TPSA) is 79.6 Å². The lowest BCUT2D eigenvalue weighted by molar-refractivity contribution is -0.136. The number of benzene rings is 2. The summed E-state index contributed by atoms with van der Waals surface area (Å²) < 4.78 is 47.9. The highest BCUT2D eigenvalue weighted by Gasteiger charge is 2.36. The van der Waals surface area contributed by atoms with Crippen LogP contribution in [0.3, 0.4) is 0 Å². The van der Waals surface area contributed by atoms with Crippen LogP contribution in [0.25, 0.3) is 22.0 Å². The van der Waals surface area contributed by atoms with Crippen molar-refractivity contribution in [3.8, 4) is 11.1 Å². The third kappa shape index (κ3) is 6.08. The van der Waals surface area contributed by atoms with Gasteiger partial charge in [0.05, 0.1) is 23.1 Å². The van der Waals surface area contributed by atoms with Crippen molar-refractivity contribution in [1.82, 2.24) is 34.2 Å². The monoisotopic (exact) mass is 642 g/mol. The number of likely N-dealkylation sites (tertiary alicyclic amines) is 1. The zero-order valence-electron chi connectivity index (χ0n) is 26.9. The molecular formula is C36H41F3N8. The SMILES string of the molecule is C=C(Nc1ncc[nH]1)C(c1ncn2c1CCC2)n1cc2c(C(F)(F)F)cc(-c3ccc(C4CCN(CCCC)CC4)cc3)c(C)c2n1. The number of H-pyrrole nitrogens is 1. The number of aromatic nitrogens is 6. The number of hydrogen-bond acceptors (Lipinski definition) is 5. The average Bonchev–Trinajstić information content (AvgIpc) is 3.87. The molecule has 47 heavy (non-hydrogen) atoms. The fourth-order valence-corrected chi connectivity index (χ4v) is 7.33. The molecule has 5 heterocycles. The highest BCUT2D eigenvalue weighted by molar-refractivity contribution is 5.92. The van der Waals surface area contributed by atoms with Crippen molar-refractivity contribution in [2.75, 3.05) is 25.0 Å². The second-order valence-electron chi connectivity index (χ2n) is 12.9. The maximum absolute atomic E-state index is 14.7. The molecule has 2 aliphatic heterocycles. The van der Waals surface area contributed by atoms with Crippen molar-refractivity contribution in [2.24, 2.45) is 0 Å². The molecule has 246 valence electrons. The molecule has 0 bridgehead atoms. The maximum Gasteiger partial charge on any atom is 0.417 e. The van der Waals surface area contributed by atoms with Gasteiger partial charge in [-0.2, -0.15) is 18.3 Å². The van der Waals surface area contributed by atoms with E-state index in [0.29, 0.717) is 34.2 Å². The van der Waals surface area contributed by atoms with Gasteiger partial charge in [-0.25, -0.2) is 9.97 Å². The average molecular weight is 643 g/mol. The molecule has 2 N–H and O–H groups in total. The van der Waals surface area contributed by atoms with Gasteiger partial charge >= 0.3 is 6.18 Å². The van der Waals surface area contributed by atoms with Gasteiger partial charge in [0.1, 0.15) is 6.04 Å². The smallest absolute Gasteiger partial charge is 0.334 e. The zero-order chi connectivity index (χ0) is 32.7. The molecule has 2 aromatic carbocycles. The van der Waals surface area contributed by atoms with Crippen LogP contribution in [0.1, 0.15) is 79.1 Å². The Morgan fingerprint density at radius 2 is 1.91 bits per heavy atom. The van der Waals surface area contributed by atoms with E-state index in [2.05, 4.69) is 50.4 Å². The van der Waals surface area contributed by atoms with Crippen LogP contribution in [0, 0.1) is 6.92 Å². The summed E-state index contributed by atoms with van der Waals surface area (Å²) in [5.74, 6) is 0.948. The fraction of sp³-hybridized carbons (Fsp3) is 0.417. The quantitative estimate of drug-likeness (QED) is 0.161. The zero-order valence-corrected chi connectivity index (χ0v) is 26.9. The van der Waals surface area contributed by atoms with Crippen LogP contribution >= 0.6 is 0 Å². The molecule has 1 fully saturated rings. The number of fused-ring (bicyclic) bond motifs is 2. The maximum atomic E-state index is 14.7. The van der Waals surface area contributed by atoms with E-state index in [9.17, 15) is 13.2 Å². The molecule has 1 atom stereocenters. The van der Waals surface area contributed by atoms with E-state index >= 15 is 0 Å². The number of allylic oxidation sites excluding steroid dienone is 1. The highest BCUT2D eigenvalue weighted by Crippen LogP contribution is 2.42. The fourth-order valence-electron chi connectivity index (χ4n) is 7.33. The Balaban J connectivity index is 1.25. The Labute approximate surface area is 272 Å². The van der Waals surface area contributed by atoms with Crippen LogP contribution in [-0.4, -0.2) is 53.8 Å². The van der Waals surface area contributed by atoms with Crippen molar-refractivity contribution < 1.29 is 13.2 Å². The van der Waals surface area contributed by atoms with Gasteiger partial charge in [-0.05, 0) is 92.9 Å². The first-order valence-electron chi connectivity index (χ1n) is 16.6. The lowest BCUT2D eigenvalue weighted by Gasteiger charge is -2.32. The van der Waals surface area contributed by atoms with E-state index < -0.39 is 17.8 Å². The molecule has 0 spiro atoms. The van der Waals surface area contributed by atoms with E-state index in [1.54, 1.807) is 23.4 Å². The molecule has 0 aliphatic carbocycles. The number of nitrogens with one attached hydrogen (secondary N) is 2. The number of unbranched alkanes of at least 4 members (excludes halogenated alkanes) is 1. The first kappa shape index (κ1) is 31.2. The van der Waals surface area contributed by atoms with Gasteiger partial charge in [-0.3, -0.25) is 4.68 Å². The summed E-state index contributed by atoms with van der Waals surface area (Å²) in [6, 6.07) is 8.75. The predicted molar refractivity (Wildman–Crippen MR) is 178 cm³/mol. The summed E-state index contributed by atoms with van der Waals surface area (Å²) in [4.78, 5) is 14.5. The number of halogens is 3. The van der Waals surface area contributed by atoms with E-state index in [1.807, 2.05) is 19.1 Å². The van der Waals surface area contributed by atoms with Gasteiger partial charge in [0.25, 0.3) is 0 Å². The second kappa shape index (κ2) is 12.7. The van der Waals surface area contributed by atoms with Gasteiger partial charge in [0, 0.05) is 41.9 Å². The Bertz CT molecular complexity index is 1860. The molecule has 0 radical (unpaired) electrons. The Morgan fingerprint density at radius 3 is 2.62 bits per heavy atom. The van der Waals surface area contributed by atoms with Gasteiger partial charge in [0.2, 0.25) is 5.95 Å². The predicted octanol–water partition coefficient (Wildman–Crippen LogP) is 8.09. The Morgan fingerprint density at radius 1 is 1.13 bits per heavy atom. The van der Waals surface area contributed by atoms with Crippen molar-refractivity contribution in [3.05, 3.63) is 95.6 Å². The molecule has 0 amide bonds. The normalized spacial score (nSPS) is 16.5. The van der Waals surface area contributed by atoms with Crippen molar-refractivity contribution in [1.29, 1.82) is 0 Å². The Hall–Kier alpha value is -4.38. The molecule has 2 aliphatic rings. The van der Waals surface area contributed by atoms with E-state index in [0.717, 1.165) is 68.8 Å². The minimum Gasteiger partial charge on any atom is -0.334 e. The molecule has 0 saturated carbocycles. The molecule has 3 aromatic heterocycles. The van der Waals surface area contributed by atoms with Crippen LogP contribution < -0.4 is 5.32 Å². The molecule has 1 saturated heterocycles. The third-order valence-corrected chi connectivity index (χ3v) is 9.91. The van der Waals surface area contributed by atoms with Gasteiger partial charge in [-0.15, -0.1) is 0 Å². The van der Waals surface area contributed by atoms with Crippen LogP contribution in [-0.2, 0) is 19.1 Å². The number of aromatic amines is 1. The molecular weight excluding hydrogens is 601 g/mol. The molecule has 5 aromatic rings. The minimum atomic E-state index is -4.57. The number of anilines is 1. The largest absolute Gasteiger partial charge is 0.417 e. The van der Waals surface area contributed by atoms with Crippen molar-refractivity contribution in [3.63, 3.8) is 0 Å². The Kier molecular flexibility index (Phi) is 8.42. The van der Waals surface area contributed by atoms with Crippen LogP contribution in [0.5, 0.6) is 0 Å². The second-order valence-corrected chi connectivity index (χ2v) is 12.9. The summed E-state index contributed by atoms with van der Waals surface area (Å²) >= 11 is 0. The van der Waals surface area contributed by atoms with E-state index in [4.69, 9.17) is 10.1 Å². The molecule has 8 nitrogen and oxygen atoms in total. The molecule has 7 rings (SSSR count). The first-order valence-corrected chi connectivity index (χ1v) is 16.6. The van der Waals surface area contributed by atoms with E-state index in [1.165, 1.54) is 30.7 Å². The molecule has 1 unspecified atom stereocenters. The highest BCUT2D eigenvalue weighted by atomic mass is 19.4. The van der Waals surface area contributed by atoms with Crippen molar-refractivity contribution in [2.45, 2.75) is 77.1 Å². The number of imidazole rings is 2. The number of rotatable bonds is 10. The van der Waals surface area contributed by atoms with Crippen molar-refractivity contribution >= 4 is 16.9 Å². The lowest BCUT2D eigenvalue weighted by Crippen LogP contribution is -2.33. The summed E-state index contributed by atoms with van der Waals surface area (Å²) in [6.45, 7) is 12.5. The third-order valence-electron chi connectivity index (χ3n) is 9.91. The number of alkyl halides is 3. The van der Waals surface area contributed by atoms with Gasteiger partial charge in [0.15, 0.2) is 0 Å². The van der Waals surface area contributed by atoms with Gasteiger partial charge < -0.3 is 19.8 Å². The number of piperidine rings is 1. The molecule has 11 heteroatoms.